The van der Waals surface area contributed by atoms with Gasteiger partial charge in [0.2, 0.25) is 0 Å². The van der Waals surface area contributed by atoms with Gasteiger partial charge in [-0.15, -0.1) is 0 Å². The third-order valence-corrected chi connectivity index (χ3v) is 4.74. The molecule has 1 atom stereocenters. The molecule has 1 nitrogen and oxygen atoms in total. The van der Waals surface area contributed by atoms with Crippen LogP contribution in [0.5, 0.6) is 0 Å². The molecule has 0 aromatic heterocycles. The van der Waals surface area contributed by atoms with Gasteiger partial charge in [-0.1, -0.05) is 62.0 Å². The number of nitrogens with one attached hydrogen (secondary N) is 1. The van der Waals surface area contributed by atoms with Gasteiger partial charge in [0.1, 0.15) is 0 Å². The Hall–Kier alpha value is -0.0600. The van der Waals surface area contributed by atoms with Crippen molar-refractivity contribution in [3.8, 4) is 0 Å². The Morgan fingerprint density at radius 3 is 2.33 bits per heavy atom. The quantitative estimate of drug-likeness (QED) is 0.539. The van der Waals surface area contributed by atoms with E-state index in [0.717, 1.165) is 33.0 Å². The maximum absolute atomic E-state index is 6.15. The van der Waals surface area contributed by atoms with E-state index in [1.54, 1.807) is 6.07 Å². The molecule has 1 unspecified atom stereocenters. The van der Waals surface area contributed by atoms with E-state index < -0.39 is 0 Å². The Morgan fingerprint density at radius 1 is 1.05 bits per heavy atom. The molecule has 2 aromatic rings. The van der Waals surface area contributed by atoms with E-state index in [9.17, 15) is 0 Å². The van der Waals surface area contributed by atoms with E-state index in [2.05, 4.69) is 50.2 Å². The van der Waals surface area contributed by atoms with Gasteiger partial charge in [0.05, 0.1) is 6.04 Å². The molecule has 112 valence electrons. The van der Waals surface area contributed by atoms with Crippen LogP contribution in [-0.4, -0.2) is 6.54 Å². The van der Waals surface area contributed by atoms with E-state index in [-0.39, 0.29) is 6.04 Å². The molecule has 0 fully saturated rings. The van der Waals surface area contributed by atoms with E-state index in [1.807, 2.05) is 24.3 Å². The third kappa shape index (κ3) is 4.70. The zero-order chi connectivity index (χ0) is 15.4. The number of hydrogen-bond acceptors (Lipinski definition) is 1. The summed E-state index contributed by atoms with van der Waals surface area (Å²) < 4.78 is 2.09. The Morgan fingerprint density at radius 2 is 1.71 bits per heavy atom. The minimum atomic E-state index is 0.0352. The lowest BCUT2D eigenvalue weighted by Gasteiger charge is -2.22. The Kier molecular flexibility index (Phi) is 6.57. The normalized spacial score (nSPS) is 12.4. The van der Waals surface area contributed by atoms with Crippen LogP contribution in [0.3, 0.4) is 0 Å². The van der Waals surface area contributed by atoms with Gasteiger partial charge in [-0.3, -0.25) is 0 Å². The van der Waals surface area contributed by atoms with Crippen molar-refractivity contribution in [2.24, 2.45) is 0 Å². The average molecular weight is 452 g/mol. The van der Waals surface area contributed by atoms with Gasteiger partial charge in [0.15, 0.2) is 0 Å². The first kappa shape index (κ1) is 17.3. The van der Waals surface area contributed by atoms with Gasteiger partial charge in [0.25, 0.3) is 0 Å². The Balaban J connectivity index is 2.49. The molecule has 1 N–H and O–H groups in total. The molecule has 0 aliphatic carbocycles. The van der Waals surface area contributed by atoms with Crippen LogP contribution in [0.25, 0.3) is 0 Å². The molecule has 0 radical (unpaired) electrons. The van der Waals surface area contributed by atoms with Crippen LogP contribution in [0.2, 0.25) is 10.0 Å². The summed E-state index contributed by atoms with van der Waals surface area (Å²) in [4.78, 5) is 0. The Bertz CT molecular complexity index is 611. The zero-order valence-electron chi connectivity index (χ0n) is 11.5. The van der Waals surface area contributed by atoms with Crippen molar-refractivity contribution < 1.29 is 0 Å². The first-order chi connectivity index (χ1) is 10.0. The van der Waals surface area contributed by atoms with Crippen molar-refractivity contribution in [2.45, 2.75) is 19.4 Å². The SMILES string of the molecule is CCCNC(c1cc(Cl)cc(Cl)c1)c1cc(Br)ccc1Br. The molecule has 0 bridgehead atoms. The second-order valence-electron chi connectivity index (χ2n) is 4.76. The second kappa shape index (κ2) is 7.98. The highest BCUT2D eigenvalue weighted by molar-refractivity contribution is 9.11. The molecular formula is C16H15Br2Cl2N. The molecule has 0 aliphatic rings. The maximum Gasteiger partial charge on any atom is 0.0589 e. The van der Waals surface area contributed by atoms with E-state index in [4.69, 9.17) is 23.2 Å². The fourth-order valence-corrected chi connectivity index (χ4v) is 3.57. The first-order valence-electron chi connectivity index (χ1n) is 6.65. The summed E-state index contributed by atoms with van der Waals surface area (Å²) >= 11 is 19.5. The van der Waals surface area contributed by atoms with Crippen LogP contribution in [-0.2, 0) is 0 Å². The largest absolute Gasteiger partial charge is 0.306 e. The molecular weight excluding hydrogens is 437 g/mol. The van der Waals surface area contributed by atoms with Gasteiger partial charge >= 0.3 is 0 Å². The monoisotopic (exact) mass is 449 g/mol. The number of hydrogen-bond donors (Lipinski definition) is 1. The summed E-state index contributed by atoms with van der Waals surface area (Å²) in [6.07, 6.45) is 1.05. The molecule has 2 aromatic carbocycles. The highest BCUT2D eigenvalue weighted by Crippen LogP contribution is 2.33. The van der Waals surface area contributed by atoms with Gasteiger partial charge in [-0.25, -0.2) is 0 Å². The van der Waals surface area contributed by atoms with Crippen molar-refractivity contribution in [1.82, 2.24) is 5.32 Å². The van der Waals surface area contributed by atoms with Crippen LogP contribution >= 0.6 is 55.1 Å². The number of rotatable bonds is 5. The fourth-order valence-electron chi connectivity index (χ4n) is 2.17. The molecule has 0 saturated carbocycles. The second-order valence-corrected chi connectivity index (χ2v) is 7.40. The standard InChI is InChI=1S/C16H15Br2Cl2N/c1-2-5-21-16(10-6-12(19)9-13(20)7-10)14-8-11(17)3-4-15(14)18/h3-4,6-9,16,21H,2,5H2,1H3. The lowest BCUT2D eigenvalue weighted by atomic mass is 9.98. The average Bonchev–Trinajstić information content (AvgIpc) is 2.42. The van der Waals surface area contributed by atoms with Gasteiger partial charge in [0, 0.05) is 19.0 Å². The molecule has 0 aliphatic heterocycles. The molecule has 2 rings (SSSR count). The molecule has 0 heterocycles. The van der Waals surface area contributed by atoms with Crippen LogP contribution < -0.4 is 5.32 Å². The molecule has 0 saturated heterocycles. The van der Waals surface area contributed by atoms with Crippen molar-refractivity contribution in [3.05, 3.63) is 66.5 Å². The van der Waals surface area contributed by atoms with Gasteiger partial charge < -0.3 is 5.32 Å². The van der Waals surface area contributed by atoms with E-state index in [1.165, 1.54) is 0 Å². The first-order valence-corrected chi connectivity index (χ1v) is 8.99. The summed E-state index contributed by atoms with van der Waals surface area (Å²) in [6.45, 7) is 3.05. The summed E-state index contributed by atoms with van der Waals surface area (Å²) in [5.41, 5.74) is 2.20. The van der Waals surface area contributed by atoms with Crippen molar-refractivity contribution in [2.75, 3.05) is 6.54 Å². The fraction of sp³-hybridized carbons (Fsp3) is 0.250. The Labute approximate surface area is 152 Å². The van der Waals surface area contributed by atoms with Crippen LogP contribution in [0.1, 0.15) is 30.5 Å². The summed E-state index contributed by atoms with van der Waals surface area (Å²) in [5, 5.41) is 4.85. The predicted octanol–water partition coefficient (Wildman–Crippen LogP) is 6.61. The van der Waals surface area contributed by atoms with Crippen LogP contribution in [0.15, 0.2) is 45.3 Å². The van der Waals surface area contributed by atoms with Crippen molar-refractivity contribution in [1.29, 1.82) is 0 Å². The van der Waals surface area contributed by atoms with Gasteiger partial charge in [-0.2, -0.15) is 0 Å². The molecule has 0 spiro atoms. The summed E-state index contributed by atoms with van der Waals surface area (Å²) in [6, 6.07) is 11.8. The lowest BCUT2D eigenvalue weighted by molar-refractivity contribution is 0.597. The topological polar surface area (TPSA) is 12.0 Å². The maximum atomic E-state index is 6.15. The highest BCUT2D eigenvalue weighted by atomic mass is 79.9. The number of benzene rings is 2. The number of halogens is 4. The molecule has 5 heteroatoms. The summed E-state index contributed by atoms with van der Waals surface area (Å²) in [7, 11) is 0. The summed E-state index contributed by atoms with van der Waals surface area (Å²) in [5.74, 6) is 0. The highest BCUT2D eigenvalue weighted by Gasteiger charge is 2.17. The van der Waals surface area contributed by atoms with Crippen LogP contribution in [0.4, 0.5) is 0 Å². The molecule has 0 amide bonds. The smallest absolute Gasteiger partial charge is 0.0589 e. The van der Waals surface area contributed by atoms with Crippen molar-refractivity contribution >= 4 is 55.1 Å². The minimum Gasteiger partial charge on any atom is -0.306 e. The predicted molar refractivity (Wildman–Crippen MR) is 98.4 cm³/mol. The molecule has 21 heavy (non-hydrogen) atoms. The zero-order valence-corrected chi connectivity index (χ0v) is 16.2. The van der Waals surface area contributed by atoms with Crippen molar-refractivity contribution in [3.63, 3.8) is 0 Å². The lowest BCUT2D eigenvalue weighted by Crippen LogP contribution is -2.23. The minimum absolute atomic E-state index is 0.0352. The van der Waals surface area contributed by atoms with Gasteiger partial charge in [-0.05, 0) is 60.5 Å². The third-order valence-electron chi connectivity index (χ3n) is 3.09. The van der Waals surface area contributed by atoms with Crippen LogP contribution in [0, 0.1) is 0 Å². The van der Waals surface area contributed by atoms with E-state index in [0.29, 0.717) is 10.0 Å². The van der Waals surface area contributed by atoms with E-state index >= 15 is 0 Å².